The molecule has 2 aliphatic carbocycles. The maximum atomic E-state index is 2.55. The smallest absolute Gasteiger partial charge is 0.0296 e. The second kappa shape index (κ2) is 9.27. The van der Waals surface area contributed by atoms with Crippen molar-refractivity contribution in [3.8, 4) is 33.4 Å². The van der Waals surface area contributed by atoms with Crippen LogP contribution in [0.25, 0.3) is 65.7 Å². The van der Waals surface area contributed by atoms with E-state index in [1.807, 2.05) is 0 Å². The Bertz CT molecular complexity index is 2410. The van der Waals surface area contributed by atoms with E-state index >= 15 is 0 Å². The van der Waals surface area contributed by atoms with Crippen molar-refractivity contribution in [1.82, 2.24) is 0 Å². The molecule has 0 N–H and O–H groups in total. The van der Waals surface area contributed by atoms with Crippen LogP contribution < -0.4 is 0 Å². The molecular weight excluding hydrogens is 540 g/mol. The summed E-state index contributed by atoms with van der Waals surface area (Å²) in [7, 11) is 0. The number of benzene rings is 8. The third-order valence-electron chi connectivity index (χ3n) is 10.6. The highest BCUT2D eigenvalue weighted by atomic mass is 14.5. The highest BCUT2D eigenvalue weighted by Gasteiger charge is 2.47. The zero-order chi connectivity index (χ0) is 29.5. The molecule has 10 rings (SSSR count). The van der Waals surface area contributed by atoms with Gasteiger partial charge in [-0.05, 0) is 113 Å². The van der Waals surface area contributed by atoms with Gasteiger partial charge in [-0.2, -0.15) is 0 Å². The standard InChI is InChI=1S/C45H30/c1-2-12-30-25-31(22-21-29(30)11-1)43-37-16-5-7-18-39(37)44(40-19-8-6-17-38(40)43)32-23-24-36-35-15-9-10-20-41(35)45(42(36)26-32)27-33-13-3-4-14-34(33)28-45/h1-26H,27-28H2. The fourth-order valence-corrected chi connectivity index (χ4v) is 8.70. The van der Waals surface area contributed by atoms with Crippen molar-refractivity contribution in [3.05, 3.63) is 180 Å². The molecule has 0 aromatic heterocycles. The molecule has 0 heteroatoms. The maximum Gasteiger partial charge on any atom is 0.0296 e. The second-order valence-corrected chi connectivity index (χ2v) is 12.9. The zero-order valence-electron chi connectivity index (χ0n) is 24.9. The third kappa shape index (κ3) is 3.48. The van der Waals surface area contributed by atoms with Crippen molar-refractivity contribution in [2.75, 3.05) is 0 Å². The third-order valence-corrected chi connectivity index (χ3v) is 10.6. The Balaban J connectivity index is 1.25. The largest absolute Gasteiger partial charge is 0.0620 e. The Morgan fingerprint density at radius 3 is 1.51 bits per heavy atom. The van der Waals surface area contributed by atoms with Gasteiger partial charge in [0.2, 0.25) is 0 Å². The molecule has 45 heavy (non-hydrogen) atoms. The first kappa shape index (κ1) is 24.9. The van der Waals surface area contributed by atoms with Gasteiger partial charge in [-0.1, -0.05) is 146 Å². The Labute approximate surface area is 263 Å². The van der Waals surface area contributed by atoms with Crippen molar-refractivity contribution < 1.29 is 0 Å². The van der Waals surface area contributed by atoms with Crippen LogP contribution in [0.15, 0.2) is 158 Å². The highest BCUT2D eigenvalue weighted by Crippen LogP contribution is 2.56. The van der Waals surface area contributed by atoms with Gasteiger partial charge < -0.3 is 0 Å². The number of fused-ring (bicyclic) bond motifs is 9. The predicted molar refractivity (Wildman–Crippen MR) is 190 cm³/mol. The molecule has 0 fully saturated rings. The number of rotatable bonds is 2. The van der Waals surface area contributed by atoms with E-state index in [0.717, 1.165) is 12.8 Å². The van der Waals surface area contributed by atoms with Crippen LogP contribution in [-0.4, -0.2) is 0 Å². The Hall–Kier alpha value is -5.46. The van der Waals surface area contributed by atoms with Gasteiger partial charge in [0.05, 0.1) is 0 Å². The highest BCUT2D eigenvalue weighted by molar-refractivity contribution is 6.21. The normalized spacial score (nSPS) is 14.2. The molecule has 0 saturated carbocycles. The molecule has 0 atom stereocenters. The molecule has 2 aliphatic rings. The van der Waals surface area contributed by atoms with E-state index in [2.05, 4.69) is 158 Å². The van der Waals surface area contributed by atoms with Gasteiger partial charge in [-0.15, -0.1) is 0 Å². The van der Waals surface area contributed by atoms with Crippen LogP contribution in [0.1, 0.15) is 22.3 Å². The summed E-state index contributed by atoms with van der Waals surface area (Å²) in [5.74, 6) is 0. The molecule has 0 radical (unpaired) electrons. The molecule has 0 aliphatic heterocycles. The molecule has 210 valence electrons. The fourth-order valence-electron chi connectivity index (χ4n) is 8.70. The van der Waals surface area contributed by atoms with E-state index < -0.39 is 0 Å². The predicted octanol–water partition coefficient (Wildman–Crippen LogP) is 11.5. The lowest BCUT2D eigenvalue weighted by atomic mass is 9.75. The summed E-state index contributed by atoms with van der Waals surface area (Å²) in [6.07, 6.45) is 2.11. The van der Waals surface area contributed by atoms with Gasteiger partial charge in [0.1, 0.15) is 0 Å². The summed E-state index contributed by atoms with van der Waals surface area (Å²) in [4.78, 5) is 0. The minimum Gasteiger partial charge on any atom is -0.0620 e. The van der Waals surface area contributed by atoms with Gasteiger partial charge in [0.15, 0.2) is 0 Å². The van der Waals surface area contributed by atoms with Crippen molar-refractivity contribution in [1.29, 1.82) is 0 Å². The Morgan fingerprint density at radius 1 is 0.356 bits per heavy atom. The summed E-state index contributed by atoms with van der Waals surface area (Å²) in [5.41, 5.74) is 13.9. The van der Waals surface area contributed by atoms with Crippen LogP contribution in [0.4, 0.5) is 0 Å². The van der Waals surface area contributed by atoms with Crippen LogP contribution in [0.3, 0.4) is 0 Å². The van der Waals surface area contributed by atoms with Crippen LogP contribution in [-0.2, 0) is 18.3 Å². The van der Waals surface area contributed by atoms with Gasteiger partial charge in [-0.3, -0.25) is 0 Å². The Morgan fingerprint density at radius 2 is 0.844 bits per heavy atom. The minimum atomic E-state index is -0.0255. The lowest BCUT2D eigenvalue weighted by Crippen LogP contribution is -2.25. The fraction of sp³-hybridized carbons (Fsp3) is 0.0667. The van der Waals surface area contributed by atoms with E-state index in [4.69, 9.17) is 0 Å². The molecule has 0 unspecified atom stereocenters. The van der Waals surface area contributed by atoms with E-state index in [-0.39, 0.29) is 5.41 Å². The van der Waals surface area contributed by atoms with E-state index in [0.29, 0.717) is 0 Å². The van der Waals surface area contributed by atoms with Crippen LogP contribution in [0, 0.1) is 0 Å². The first-order valence-corrected chi connectivity index (χ1v) is 16.0. The first-order chi connectivity index (χ1) is 22.3. The first-order valence-electron chi connectivity index (χ1n) is 16.0. The lowest BCUT2D eigenvalue weighted by molar-refractivity contribution is 0.564. The van der Waals surface area contributed by atoms with Crippen molar-refractivity contribution in [3.63, 3.8) is 0 Å². The molecular formula is C45H30. The van der Waals surface area contributed by atoms with Crippen molar-refractivity contribution in [2.24, 2.45) is 0 Å². The summed E-state index contributed by atoms with van der Waals surface area (Å²) >= 11 is 0. The molecule has 1 spiro atoms. The monoisotopic (exact) mass is 570 g/mol. The van der Waals surface area contributed by atoms with Crippen molar-refractivity contribution >= 4 is 32.3 Å². The van der Waals surface area contributed by atoms with Gasteiger partial charge >= 0.3 is 0 Å². The summed E-state index contributed by atoms with van der Waals surface area (Å²) in [6.45, 7) is 0. The molecule has 0 saturated heterocycles. The van der Waals surface area contributed by atoms with Crippen LogP contribution in [0.5, 0.6) is 0 Å². The topological polar surface area (TPSA) is 0 Å². The van der Waals surface area contributed by atoms with Crippen LogP contribution in [0.2, 0.25) is 0 Å². The molecule has 8 aromatic carbocycles. The zero-order valence-corrected chi connectivity index (χ0v) is 24.9. The van der Waals surface area contributed by atoms with Gasteiger partial charge in [0, 0.05) is 5.41 Å². The SMILES string of the molecule is c1ccc2c(c1)CC1(C2)c2ccccc2-c2ccc(-c3c4ccccc4c(-c4ccc5ccccc5c4)c4ccccc34)cc21. The average Bonchev–Trinajstić information content (AvgIpc) is 3.62. The number of hydrogen-bond donors (Lipinski definition) is 0. The maximum absolute atomic E-state index is 2.55. The van der Waals surface area contributed by atoms with Crippen LogP contribution >= 0.6 is 0 Å². The molecule has 0 nitrogen and oxygen atoms in total. The Kier molecular flexibility index (Phi) is 5.14. The molecule has 0 heterocycles. The van der Waals surface area contributed by atoms with Gasteiger partial charge in [-0.25, -0.2) is 0 Å². The van der Waals surface area contributed by atoms with E-state index in [1.54, 1.807) is 0 Å². The molecule has 0 bridgehead atoms. The number of hydrogen-bond acceptors (Lipinski definition) is 0. The molecule has 0 amide bonds. The second-order valence-electron chi connectivity index (χ2n) is 12.9. The van der Waals surface area contributed by atoms with E-state index in [1.165, 1.54) is 88.0 Å². The summed E-state index contributed by atoms with van der Waals surface area (Å²) in [5, 5.41) is 7.75. The lowest BCUT2D eigenvalue weighted by Gasteiger charge is -2.27. The average molecular weight is 571 g/mol. The molecule has 8 aromatic rings. The van der Waals surface area contributed by atoms with Crippen molar-refractivity contribution in [2.45, 2.75) is 18.3 Å². The summed E-state index contributed by atoms with van der Waals surface area (Å²) < 4.78 is 0. The summed E-state index contributed by atoms with van der Waals surface area (Å²) in [6, 6.07) is 59.2. The van der Waals surface area contributed by atoms with Gasteiger partial charge in [0.25, 0.3) is 0 Å². The quantitative estimate of drug-likeness (QED) is 0.181. The van der Waals surface area contributed by atoms with E-state index in [9.17, 15) is 0 Å². The minimum absolute atomic E-state index is 0.0255.